The highest BCUT2D eigenvalue weighted by molar-refractivity contribution is 5.83. The highest BCUT2D eigenvalue weighted by Crippen LogP contribution is 1.91. The second-order valence-corrected chi connectivity index (χ2v) is 3.58. The van der Waals surface area contributed by atoms with Gasteiger partial charge in [-0.15, -0.1) is 0 Å². The molecule has 0 aromatic heterocycles. The molecular weight excluding hydrogens is 258 g/mol. The number of carboxylic acids is 1. The van der Waals surface area contributed by atoms with E-state index in [0.717, 1.165) is 0 Å². The van der Waals surface area contributed by atoms with E-state index in [1.807, 2.05) is 5.32 Å². The van der Waals surface area contributed by atoms with Gasteiger partial charge in [-0.25, -0.2) is 9.59 Å². The summed E-state index contributed by atoms with van der Waals surface area (Å²) in [4.78, 5) is 32.8. The molecule has 0 saturated heterocycles. The Hall–Kier alpha value is -2.36. The first-order valence-electron chi connectivity index (χ1n) is 5.28. The number of hydrazone groups is 1. The van der Waals surface area contributed by atoms with Crippen LogP contribution in [0.5, 0.6) is 0 Å². The van der Waals surface area contributed by atoms with Gasteiger partial charge in [-0.3, -0.25) is 4.79 Å². The number of aliphatic carboxylic acids is 1. The summed E-state index contributed by atoms with van der Waals surface area (Å²) in [5.41, 5.74) is 7.44. The number of hydrogen-bond acceptors (Lipinski definition) is 6. The Kier molecular flexibility index (Phi) is 7.61. The van der Waals surface area contributed by atoms with Gasteiger partial charge >= 0.3 is 12.0 Å². The van der Waals surface area contributed by atoms with Crippen molar-refractivity contribution in [1.29, 1.82) is 0 Å². The van der Waals surface area contributed by atoms with Gasteiger partial charge in [-0.05, 0) is 0 Å². The molecule has 0 saturated carbocycles. The van der Waals surface area contributed by atoms with Gasteiger partial charge < -0.3 is 32.0 Å². The first-order valence-corrected chi connectivity index (χ1v) is 5.28. The monoisotopic (exact) mass is 275 g/mol. The minimum Gasteiger partial charge on any atom is -0.480 e. The number of hydrogen-bond donors (Lipinski definition) is 6. The summed E-state index contributed by atoms with van der Waals surface area (Å²) >= 11 is 0. The van der Waals surface area contributed by atoms with Crippen LogP contribution in [0.4, 0.5) is 4.79 Å². The average Bonchev–Trinajstić information content (AvgIpc) is 2.31. The number of nitrogens with zero attached hydrogens (tertiary/aromatic N) is 1. The van der Waals surface area contributed by atoms with Gasteiger partial charge in [0.2, 0.25) is 5.91 Å². The standard InChI is InChI=1S/C9H17N5O5/c1-11-12-3-5(2-7(10)16)13-9(19)14-6(4-15)8(17)18/h5-6,12,15H,1-4H2,(H2,10,16)(H,17,18)(H2,13,14,19)/t5-,6-/m0/s1. The molecule has 0 rings (SSSR count). The van der Waals surface area contributed by atoms with Gasteiger partial charge in [0.1, 0.15) is 0 Å². The van der Waals surface area contributed by atoms with Crippen molar-refractivity contribution in [3.8, 4) is 0 Å². The summed E-state index contributed by atoms with van der Waals surface area (Å²) in [6.07, 6.45) is -0.160. The molecule has 0 heterocycles. The summed E-state index contributed by atoms with van der Waals surface area (Å²) in [7, 11) is 0. The zero-order chi connectivity index (χ0) is 14.8. The molecule has 0 aromatic rings. The van der Waals surface area contributed by atoms with E-state index in [-0.39, 0.29) is 13.0 Å². The topological polar surface area (TPSA) is 166 Å². The lowest BCUT2D eigenvalue weighted by molar-refractivity contribution is -0.140. The van der Waals surface area contributed by atoms with Gasteiger partial charge in [0, 0.05) is 13.1 Å². The quantitative estimate of drug-likeness (QED) is 0.196. The summed E-state index contributed by atoms with van der Waals surface area (Å²) in [6, 6.07) is -2.96. The molecule has 0 fully saturated rings. The lowest BCUT2D eigenvalue weighted by atomic mass is 10.2. The number of nitrogens with two attached hydrogens (primary N) is 1. The predicted octanol–water partition coefficient (Wildman–Crippen LogP) is -2.82. The second-order valence-electron chi connectivity index (χ2n) is 3.58. The van der Waals surface area contributed by atoms with Gasteiger partial charge in [-0.1, -0.05) is 0 Å². The van der Waals surface area contributed by atoms with E-state index in [1.165, 1.54) is 0 Å². The molecule has 7 N–H and O–H groups in total. The Bertz CT molecular complexity index is 348. The summed E-state index contributed by atoms with van der Waals surface area (Å²) in [5.74, 6) is -2.02. The normalized spacial score (nSPS) is 12.9. The molecule has 0 aliphatic rings. The first-order chi connectivity index (χ1) is 8.90. The van der Waals surface area contributed by atoms with E-state index in [0.29, 0.717) is 0 Å². The SMILES string of the molecule is C=NNC[C@H](CC(N)=O)NC(=O)N[C@@H](CO)C(=O)O. The predicted molar refractivity (Wildman–Crippen MR) is 65.3 cm³/mol. The molecular formula is C9H17N5O5. The summed E-state index contributed by atoms with van der Waals surface area (Å²) in [5, 5.41) is 25.0. The van der Waals surface area contributed by atoms with Crippen LogP contribution >= 0.6 is 0 Å². The van der Waals surface area contributed by atoms with Crippen molar-refractivity contribution in [3.05, 3.63) is 0 Å². The van der Waals surface area contributed by atoms with Crippen molar-refractivity contribution in [2.24, 2.45) is 10.8 Å². The molecule has 0 radical (unpaired) electrons. The minimum absolute atomic E-state index is 0.0940. The zero-order valence-corrected chi connectivity index (χ0v) is 10.1. The molecule has 3 amide bonds. The second kappa shape index (κ2) is 8.69. The highest BCUT2D eigenvalue weighted by atomic mass is 16.4. The average molecular weight is 275 g/mol. The number of amides is 3. The molecule has 0 aliphatic heterocycles. The number of aliphatic hydroxyl groups is 1. The van der Waals surface area contributed by atoms with E-state index in [2.05, 4.69) is 22.6 Å². The minimum atomic E-state index is -1.43. The molecule has 0 spiro atoms. The van der Waals surface area contributed by atoms with Crippen LogP contribution in [-0.4, -0.2) is 60.1 Å². The smallest absolute Gasteiger partial charge is 0.328 e. The van der Waals surface area contributed by atoms with Crippen LogP contribution in [-0.2, 0) is 9.59 Å². The van der Waals surface area contributed by atoms with E-state index >= 15 is 0 Å². The number of nitrogens with one attached hydrogen (secondary N) is 3. The molecule has 0 aliphatic carbocycles. The molecule has 2 atom stereocenters. The molecule has 0 unspecified atom stereocenters. The first kappa shape index (κ1) is 16.6. The maximum atomic E-state index is 11.4. The van der Waals surface area contributed by atoms with Crippen LogP contribution in [0.3, 0.4) is 0 Å². The van der Waals surface area contributed by atoms with Crippen molar-refractivity contribution in [3.63, 3.8) is 0 Å². The van der Waals surface area contributed by atoms with E-state index in [1.54, 1.807) is 0 Å². The number of aliphatic hydroxyl groups excluding tert-OH is 1. The number of carbonyl (C=O) groups excluding carboxylic acids is 2. The number of primary amides is 1. The van der Waals surface area contributed by atoms with Crippen LogP contribution in [0, 0.1) is 0 Å². The van der Waals surface area contributed by atoms with Gasteiger partial charge in [0.25, 0.3) is 0 Å². The molecule has 0 bridgehead atoms. The largest absolute Gasteiger partial charge is 0.480 e. The van der Waals surface area contributed by atoms with Crippen LogP contribution in [0.25, 0.3) is 0 Å². The maximum Gasteiger partial charge on any atom is 0.328 e. The molecule has 0 aromatic carbocycles. The lowest BCUT2D eigenvalue weighted by Gasteiger charge is -2.19. The van der Waals surface area contributed by atoms with Crippen molar-refractivity contribution in [2.45, 2.75) is 18.5 Å². The molecule has 10 heteroatoms. The number of carbonyl (C=O) groups is 3. The van der Waals surface area contributed by atoms with Crippen molar-refractivity contribution < 1.29 is 24.6 Å². The lowest BCUT2D eigenvalue weighted by Crippen LogP contribution is -2.52. The van der Waals surface area contributed by atoms with Crippen LogP contribution in [0.15, 0.2) is 5.10 Å². The Morgan fingerprint density at radius 2 is 1.95 bits per heavy atom. The number of urea groups is 1. The Morgan fingerprint density at radius 3 is 2.37 bits per heavy atom. The van der Waals surface area contributed by atoms with Crippen LogP contribution < -0.4 is 21.8 Å². The fraction of sp³-hybridized carbons (Fsp3) is 0.556. The highest BCUT2D eigenvalue weighted by Gasteiger charge is 2.21. The fourth-order valence-corrected chi connectivity index (χ4v) is 1.16. The molecule has 108 valence electrons. The Morgan fingerprint density at radius 1 is 1.32 bits per heavy atom. The summed E-state index contributed by atoms with van der Waals surface area (Å²) < 4.78 is 0. The number of carboxylic acid groups (broad SMARTS) is 1. The third-order valence-electron chi connectivity index (χ3n) is 2.02. The van der Waals surface area contributed by atoms with E-state index < -0.39 is 36.6 Å². The molecule has 19 heavy (non-hydrogen) atoms. The maximum absolute atomic E-state index is 11.4. The third kappa shape index (κ3) is 7.54. The van der Waals surface area contributed by atoms with E-state index in [4.69, 9.17) is 15.9 Å². The van der Waals surface area contributed by atoms with Crippen molar-refractivity contribution in [2.75, 3.05) is 13.2 Å². The Balaban J connectivity index is 4.39. The zero-order valence-electron chi connectivity index (χ0n) is 10.1. The van der Waals surface area contributed by atoms with Crippen LogP contribution in [0.2, 0.25) is 0 Å². The Labute approximate surface area is 109 Å². The van der Waals surface area contributed by atoms with Gasteiger partial charge in [0.05, 0.1) is 19.2 Å². The molecule has 10 nitrogen and oxygen atoms in total. The van der Waals surface area contributed by atoms with Gasteiger partial charge in [-0.2, -0.15) is 5.10 Å². The third-order valence-corrected chi connectivity index (χ3v) is 2.02. The van der Waals surface area contributed by atoms with E-state index in [9.17, 15) is 14.4 Å². The summed E-state index contributed by atoms with van der Waals surface area (Å²) in [6.45, 7) is 2.50. The van der Waals surface area contributed by atoms with Crippen LogP contribution in [0.1, 0.15) is 6.42 Å². The number of rotatable bonds is 9. The van der Waals surface area contributed by atoms with Crippen molar-refractivity contribution >= 4 is 24.6 Å². The van der Waals surface area contributed by atoms with Crippen molar-refractivity contribution in [1.82, 2.24) is 16.1 Å². The fourth-order valence-electron chi connectivity index (χ4n) is 1.16. The van der Waals surface area contributed by atoms with Gasteiger partial charge in [0.15, 0.2) is 6.04 Å².